The van der Waals surface area contributed by atoms with Crippen molar-refractivity contribution in [3.63, 3.8) is 0 Å². The van der Waals surface area contributed by atoms with Gasteiger partial charge in [-0.05, 0) is 24.3 Å². The summed E-state index contributed by atoms with van der Waals surface area (Å²) in [7, 11) is 3.60. The van der Waals surface area contributed by atoms with Gasteiger partial charge in [0.2, 0.25) is 5.91 Å². The van der Waals surface area contributed by atoms with Gasteiger partial charge in [-0.2, -0.15) is 0 Å². The van der Waals surface area contributed by atoms with Crippen molar-refractivity contribution < 1.29 is 9.53 Å². The number of carbonyl (C=O) groups excluding carboxylic acids is 1. The summed E-state index contributed by atoms with van der Waals surface area (Å²) < 4.78 is 6.12. The van der Waals surface area contributed by atoms with Gasteiger partial charge in [0.1, 0.15) is 17.3 Å². The fourth-order valence-electron chi connectivity index (χ4n) is 3.36. The number of hydrogen-bond acceptors (Lipinski definition) is 5. The van der Waals surface area contributed by atoms with E-state index >= 15 is 0 Å². The first-order valence-corrected chi connectivity index (χ1v) is 9.24. The number of carbonyl (C=O) groups is 1. The van der Waals surface area contributed by atoms with Crippen LogP contribution < -0.4 is 4.74 Å². The molecule has 2 aliphatic rings. The van der Waals surface area contributed by atoms with Gasteiger partial charge in [0.05, 0.1) is 12.1 Å². The molecule has 0 unspecified atom stereocenters. The zero-order chi connectivity index (χ0) is 18.8. The standard InChI is InChI=1S/C21H24N4O2/c1-23(2)20(26)15-24-11-13-25(14-12-24)21-16-7-3-5-9-18(16)27-19-10-6-4-8-17(19)22-21/h3-10H,11-15H2,1-2H3. The first kappa shape index (κ1) is 17.5. The summed E-state index contributed by atoms with van der Waals surface area (Å²) in [6, 6.07) is 15.9. The summed E-state index contributed by atoms with van der Waals surface area (Å²) in [5, 5.41) is 0. The highest BCUT2D eigenvalue weighted by molar-refractivity contribution is 6.03. The molecular weight excluding hydrogens is 340 g/mol. The van der Waals surface area contributed by atoms with Crippen LogP contribution in [-0.4, -0.2) is 73.3 Å². The lowest BCUT2D eigenvalue weighted by Gasteiger charge is -2.36. The van der Waals surface area contributed by atoms with E-state index < -0.39 is 0 Å². The number of amidine groups is 1. The van der Waals surface area contributed by atoms with Crippen molar-refractivity contribution in [1.29, 1.82) is 0 Å². The van der Waals surface area contributed by atoms with Crippen LogP contribution in [0.5, 0.6) is 11.5 Å². The molecule has 4 rings (SSSR count). The van der Waals surface area contributed by atoms with E-state index in [9.17, 15) is 4.79 Å². The van der Waals surface area contributed by atoms with E-state index in [0.29, 0.717) is 6.54 Å². The molecule has 0 aliphatic carbocycles. The molecule has 6 heteroatoms. The van der Waals surface area contributed by atoms with E-state index in [1.165, 1.54) is 0 Å². The Balaban J connectivity index is 1.58. The monoisotopic (exact) mass is 364 g/mol. The van der Waals surface area contributed by atoms with Crippen molar-refractivity contribution in [3.05, 3.63) is 54.1 Å². The molecule has 2 aromatic carbocycles. The predicted octanol–water partition coefficient (Wildman–Crippen LogP) is 2.58. The minimum Gasteiger partial charge on any atom is -0.454 e. The van der Waals surface area contributed by atoms with Crippen LogP contribution in [-0.2, 0) is 4.79 Å². The lowest BCUT2D eigenvalue weighted by molar-refractivity contribution is -0.130. The van der Waals surface area contributed by atoms with Crippen LogP contribution in [0.3, 0.4) is 0 Å². The number of amides is 1. The lowest BCUT2D eigenvalue weighted by Crippen LogP contribution is -2.51. The number of piperazine rings is 1. The summed E-state index contributed by atoms with van der Waals surface area (Å²) in [5.41, 5.74) is 1.85. The molecule has 140 valence electrons. The van der Waals surface area contributed by atoms with E-state index in [4.69, 9.17) is 9.73 Å². The maximum Gasteiger partial charge on any atom is 0.236 e. The Kier molecular flexibility index (Phi) is 4.81. The van der Waals surface area contributed by atoms with Crippen LogP contribution in [0.25, 0.3) is 0 Å². The molecule has 1 fully saturated rings. The van der Waals surface area contributed by atoms with Crippen LogP contribution in [0, 0.1) is 0 Å². The molecular formula is C21H24N4O2. The van der Waals surface area contributed by atoms with Crippen molar-refractivity contribution in [2.45, 2.75) is 0 Å². The predicted molar refractivity (Wildman–Crippen MR) is 106 cm³/mol. The van der Waals surface area contributed by atoms with Crippen molar-refractivity contribution in [1.82, 2.24) is 14.7 Å². The third kappa shape index (κ3) is 3.66. The van der Waals surface area contributed by atoms with Crippen molar-refractivity contribution in [3.8, 4) is 11.5 Å². The number of aliphatic imine (C=N–C) groups is 1. The second-order valence-electron chi connectivity index (χ2n) is 7.05. The number of para-hydroxylation sites is 3. The minimum atomic E-state index is 0.142. The Morgan fingerprint density at radius 2 is 1.67 bits per heavy atom. The van der Waals surface area contributed by atoms with Gasteiger partial charge in [0, 0.05) is 40.3 Å². The average Bonchev–Trinajstić information content (AvgIpc) is 2.85. The van der Waals surface area contributed by atoms with Gasteiger partial charge in [-0.3, -0.25) is 9.69 Å². The van der Waals surface area contributed by atoms with Gasteiger partial charge >= 0.3 is 0 Å². The molecule has 0 saturated carbocycles. The fourth-order valence-corrected chi connectivity index (χ4v) is 3.36. The summed E-state index contributed by atoms with van der Waals surface area (Å²) >= 11 is 0. The van der Waals surface area contributed by atoms with Crippen LogP contribution in [0.2, 0.25) is 0 Å². The van der Waals surface area contributed by atoms with Gasteiger partial charge in [-0.1, -0.05) is 24.3 Å². The number of benzene rings is 2. The van der Waals surface area contributed by atoms with Gasteiger partial charge in [-0.15, -0.1) is 0 Å². The van der Waals surface area contributed by atoms with Crippen LogP contribution >= 0.6 is 0 Å². The zero-order valence-corrected chi connectivity index (χ0v) is 15.8. The zero-order valence-electron chi connectivity index (χ0n) is 15.8. The van der Waals surface area contributed by atoms with Gasteiger partial charge in [0.25, 0.3) is 0 Å². The quantitative estimate of drug-likeness (QED) is 0.822. The average molecular weight is 364 g/mol. The molecule has 0 bridgehead atoms. The number of likely N-dealkylation sites (N-methyl/N-ethyl adjacent to an activating group) is 1. The van der Waals surface area contributed by atoms with E-state index in [1.807, 2.05) is 42.5 Å². The third-order valence-electron chi connectivity index (χ3n) is 4.97. The Morgan fingerprint density at radius 1 is 1.00 bits per heavy atom. The maximum absolute atomic E-state index is 12.0. The van der Waals surface area contributed by atoms with E-state index in [-0.39, 0.29) is 5.91 Å². The summed E-state index contributed by atoms with van der Waals surface area (Å²) in [5.74, 6) is 2.68. The smallest absolute Gasteiger partial charge is 0.236 e. The van der Waals surface area contributed by atoms with Crippen molar-refractivity contribution >= 4 is 17.4 Å². The Hall–Kier alpha value is -2.86. The van der Waals surface area contributed by atoms with Gasteiger partial charge in [0.15, 0.2) is 5.75 Å². The molecule has 6 nitrogen and oxygen atoms in total. The highest BCUT2D eigenvalue weighted by Crippen LogP contribution is 2.37. The molecule has 2 heterocycles. The summed E-state index contributed by atoms with van der Waals surface area (Å²) in [6.07, 6.45) is 0. The number of rotatable bonds is 2. The van der Waals surface area contributed by atoms with E-state index in [1.54, 1.807) is 19.0 Å². The highest BCUT2D eigenvalue weighted by Gasteiger charge is 2.26. The molecule has 0 aromatic heterocycles. The largest absolute Gasteiger partial charge is 0.454 e. The topological polar surface area (TPSA) is 48.4 Å². The fraction of sp³-hybridized carbons (Fsp3) is 0.333. The molecule has 0 N–H and O–H groups in total. The molecule has 27 heavy (non-hydrogen) atoms. The number of hydrogen-bond donors (Lipinski definition) is 0. The van der Waals surface area contributed by atoms with E-state index in [0.717, 1.165) is 54.8 Å². The molecule has 2 aromatic rings. The normalized spacial score (nSPS) is 16.5. The van der Waals surface area contributed by atoms with Crippen molar-refractivity contribution in [2.75, 3.05) is 46.8 Å². The van der Waals surface area contributed by atoms with Crippen molar-refractivity contribution in [2.24, 2.45) is 4.99 Å². The molecule has 2 aliphatic heterocycles. The summed E-state index contributed by atoms with van der Waals surface area (Å²) in [4.78, 5) is 23.1. The molecule has 1 saturated heterocycles. The van der Waals surface area contributed by atoms with Gasteiger partial charge < -0.3 is 14.5 Å². The SMILES string of the molecule is CN(C)C(=O)CN1CCN(C2=Nc3ccccc3Oc3ccccc32)CC1. The first-order chi connectivity index (χ1) is 13.1. The van der Waals surface area contributed by atoms with Crippen LogP contribution in [0.15, 0.2) is 53.5 Å². The second kappa shape index (κ2) is 7.40. The second-order valence-corrected chi connectivity index (χ2v) is 7.05. The van der Waals surface area contributed by atoms with Crippen LogP contribution in [0.1, 0.15) is 5.56 Å². The Bertz CT molecular complexity index is 870. The molecule has 1 amide bonds. The third-order valence-corrected chi connectivity index (χ3v) is 4.97. The number of fused-ring (bicyclic) bond motifs is 2. The lowest BCUT2D eigenvalue weighted by atomic mass is 10.1. The maximum atomic E-state index is 12.0. The molecule has 0 spiro atoms. The molecule has 0 radical (unpaired) electrons. The molecule has 0 atom stereocenters. The summed E-state index contributed by atoms with van der Waals surface area (Å²) in [6.45, 7) is 3.80. The van der Waals surface area contributed by atoms with Crippen LogP contribution in [0.4, 0.5) is 5.69 Å². The Morgan fingerprint density at radius 3 is 2.41 bits per heavy atom. The minimum absolute atomic E-state index is 0.142. The van der Waals surface area contributed by atoms with Gasteiger partial charge in [-0.25, -0.2) is 4.99 Å². The first-order valence-electron chi connectivity index (χ1n) is 9.24. The Labute approximate surface area is 159 Å². The number of nitrogens with zero attached hydrogens (tertiary/aromatic N) is 4. The number of ether oxygens (including phenoxy) is 1. The highest BCUT2D eigenvalue weighted by atomic mass is 16.5. The van der Waals surface area contributed by atoms with E-state index in [2.05, 4.69) is 15.9 Å².